The summed E-state index contributed by atoms with van der Waals surface area (Å²) in [6.07, 6.45) is 4.94. The van der Waals surface area contributed by atoms with Crippen molar-refractivity contribution in [3.63, 3.8) is 0 Å². The summed E-state index contributed by atoms with van der Waals surface area (Å²) in [7, 11) is 3.21. The number of benzene rings is 1. The standard InChI is InChI=1S/C26H30F2N6O3/c1-33-19-13-29-24(31-18-6-3-15(11-20(18)37-2)22(35)30-16-4-5-16)32-21(19)34(14-25(9-10-25)23(33)36)17-7-8-26(27,28)12-17/h3,6,11,13,16-17H,4-5,7-10,12,14H2,1-2H3,(H,30,35)(H,29,31,32). The molecule has 2 N–H and O–H groups in total. The topological polar surface area (TPSA) is 99.7 Å². The van der Waals surface area contributed by atoms with E-state index in [1.54, 1.807) is 36.3 Å². The van der Waals surface area contributed by atoms with Gasteiger partial charge in [0.05, 0.1) is 24.4 Å². The number of amides is 2. The fourth-order valence-electron chi connectivity index (χ4n) is 5.38. The van der Waals surface area contributed by atoms with Gasteiger partial charge in [-0.3, -0.25) is 9.59 Å². The van der Waals surface area contributed by atoms with Gasteiger partial charge in [0.1, 0.15) is 11.4 Å². The number of fused-ring (bicyclic) bond motifs is 1. The smallest absolute Gasteiger partial charge is 0.251 e. The van der Waals surface area contributed by atoms with Gasteiger partial charge in [0.2, 0.25) is 17.8 Å². The molecule has 11 heteroatoms. The van der Waals surface area contributed by atoms with Crippen molar-refractivity contribution in [3.8, 4) is 5.75 Å². The second-order valence-corrected chi connectivity index (χ2v) is 10.7. The van der Waals surface area contributed by atoms with Gasteiger partial charge in [0.15, 0.2) is 5.82 Å². The molecule has 1 spiro atoms. The molecule has 0 saturated heterocycles. The van der Waals surface area contributed by atoms with Crippen molar-refractivity contribution < 1.29 is 23.1 Å². The highest BCUT2D eigenvalue weighted by molar-refractivity contribution is 6.03. The van der Waals surface area contributed by atoms with Crippen molar-refractivity contribution in [1.29, 1.82) is 0 Å². The molecule has 1 unspecified atom stereocenters. The van der Waals surface area contributed by atoms with E-state index in [-0.39, 0.29) is 36.6 Å². The summed E-state index contributed by atoms with van der Waals surface area (Å²) in [5.41, 5.74) is 0.996. The Balaban J connectivity index is 1.32. The van der Waals surface area contributed by atoms with Crippen LogP contribution in [0.5, 0.6) is 5.75 Å². The molecule has 1 atom stereocenters. The Hall–Kier alpha value is -3.50. The number of rotatable bonds is 6. The normalized spacial score (nSPS) is 23.5. The van der Waals surface area contributed by atoms with E-state index >= 15 is 0 Å². The van der Waals surface area contributed by atoms with Gasteiger partial charge in [0, 0.05) is 44.1 Å². The Morgan fingerprint density at radius 2 is 1.97 bits per heavy atom. The number of hydrogen-bond acceptors (Lipinski definition) is 7. The van der Waals surface area contributed by atoms with Gasteiger partial charge in [-0.05, 0) is 50.3 Å². The Labute approximate surface area is 213 Å². The van der Waals surface area contributed by atoms with Crippen LogP contribution in [0, 0.1) is 5.41 Å². The lowest BCUT2D eigenvalue weighted by atomic mass is 10.0. The number of carbonyl (C=O) groups is 2. The second-order valence-electron chi connectivity index (χ2n) is 10.7. The molecule has 2 heterocycles. The van der Waals surface area contributed by atoms with Gasteiger partial charge in [-0.25, -0.2) is 13.8 Å². The maximum absolute atomic E-state index is 14.2. The lowest BCUT2D eigenvalue weighted by Crippen LogP contribution is -2.41. The molecule has 2 amide bonds. The molecule has 196 valence electrons. The minimum atomic E-state index is -2.72. The predicted molar refractivity (Wildman–Crippen MR) is 134 cm³/mol. The zero-order chi connectivity index (χ0) is 25.9. The van der Waals surface area contributed by atoms with Crippen LogP contribution in [0.2, 0.25) is 0 Å². The summed E-state index contributed by atoms with van der Waals surface area (Å²) in [5, 5.41) is 6.10. The molecule has 1 aromatic heterocycles. The number of alkyl halides is 2. The number of nitrogens with zero attached hydrogens (tertiary/aromatic N) is 4. The zero-order valence-corrected chi connectivity index (χ0v) is 20.9. The summed E-state index contributed by atoms with van der Waals surface area (Å²) in [6.45, 7) is 0.370. The fraction of sp³-hybridized carbons (Fsp3) is 0.538. The van der Waals surface area contributed by atoms with Crippen LogP contribution in [0.15, 0.2) is 24.4 Å². The van der Waals surface area contributed by atoms with E-state index in [1.165, 1.54) is 7.11 Å². The first-order valence-electron chi connectivity index (χ1n) is 12.7. The summed E-state index contributed by atoms with van der Waals surface area (Å²) in [5.74, 6) is -1.74. The van der Waals surface area contributed by atoms with Gasteiger partial charge in [-0.15, -0.1) is 0 Å². The molecule has 37 heavy (non-hydrogen) atoms. The average Bonchev–Trinajstić information content (AvgIpc) is 3.81. The molecule has 4 aliphatic rings. The van der Waals surface area contributed by atoms with Crippen molar-refractivity contribution in [2.24, 2.45) is 5.41 Å². The Morgan fingerprint density at radius 1 is 1.19 bits per heavy atom. The van der Waals surface area contributed by atoms with E-state index in [2.05, 4.69) is 15.6 Å². The van der Waals surface area contributed by atoms with Crippen molar-refractivity contribution in [2.75, 3.05) is 35.8 Å². The first-order chi connectivity index (χ1) is 17.7. The van der Waals surface area contributed by atoms with E-state index < -0.39 is 17.4 Å². The minimum absolute atomic E-state index is 0.0213. The third-order valence-corrected chi connectivity index (χ3v) is 7.91. The number of anilines is 4. The number of carbonyl (C=O) groups excluding carboxylic acids is 2. The van der Waals surface area contributed by atoms with Crippen LogP contribution in [0.1, 0.15) is 55.3 Å². The number of hydrogen-bond donors (Lipinski definition) is 2. The van der Waals surface area contributed by atoms with Gasteiger partial charge < -0.3 is 25.2 Å². The first kappa shape index (κ1) is 23.9. The Morgan fingerprint density at radius 3 is 2.62 bits per heavy atom. The summed E-state index contributed by atoms with van der Waals surface area (Å²) < 4.78 is 33.9. The maximum Gasteiger partial charge on any atom is 0.251 e. The highest BCUT2D eigenvalue weighted by atomic mass is 19.3. The van der Waals surface area contributed by atoms with Crippen LogP contribution in [0.25, 0.3) is 0 Å². The van der Waals surface area contributed by atoms with Gasteiger partial charge in [-0.1, -0.05) is 0 Å². The summed E-state index contributed by atoms with van der Waals surface area (Å²) in [4.78, 5) is 38.3. The lowest BCUT2D eigenvalue weighted by molar-refractivity contribution is -0.122. The van der Waals surface area contributed by atoms with E-state index in [1.807, 2.05) is 4.90 Å². The van der Waals surface area contributed by atoms with Crippen molar-refractivity contribution in [2.45, 2.75) is 63.0 Å². The molecule has 3 fully saturated rings. The number of nitrogens with one attached hydrogen (secondary N) is 2. The highest BCUT2D eigenvalue weighted by Gasteiger charge is 2.56. The number of halogens is 2. The van der Waals surface area contributed by atoms with Gasteiger partial charge in [0.25, 0.3) is 5.91 Å². The number of methoxy groups -OCH3 is 1. The van der Waals surface area contributed by atoms with Crippen LogP contribution >= 0.6 is 0 Å². The van der Waals surface area contributed by atoms with Crippen LogP contribution in [-0.2, 0) is 4.79 Å². The first-order valence-corrected chi connectivity index (χ1v) is 12.7. The molecule has 3 aliphatic carbocycles. The van der Waals surface area contributed by atoms with Crippen molar-refractivity contribution >= 4 is 35.0 Å². The molecule has 6 rings (SSSR count). The van der Waals surface area contributed by atoms with E-state index in [0.717, 1.165) is 25.7 Å². The fourth-order valence-corrected chi connectivity index (χ4v) is 5.38. The van der Waals surface area contributed by atoms with E-state index in [0.29, 0.717) is 41.5 Å². The highest BCUT2D eigenvalue weighted by Crippen LogP contribution is 2.53. The lowest BCUT2D eigenvalue weighted by Gasteiger charge is -2.31. The predicted octanol–water partition coefficient (Wildman–Crippen LogP) is 3.87. The SMILES string of the molecule is COc1cc(C(=O)NC2CC2)ccc1Nc1ncc2c(n1)N(C1CCC(F)(F)C1)CC1(CC1)C(=O)N2C. The third kappa shape index (κ3) is 4.44. The molecular weight excluding hydrogens is 482 g/mol. The second kappa shape index (κ2) is 8.53. The minimum Gasteiger partial charge on any atom is -0.495 e. The molecule has 1 aromatic carbocycles. The molecule has 1 aliphatic heterocycles. The molecule has 0 radical (unpaired) electrons. The Bertz CT molecular complexity index is 1260. The summed E-state index contributed by atoms with van der Waals surface area (Å²) >= 11 is 0. The van der Waals surface area contributed by atoms with E-state index in [4.69, 9.17) is 9.72 Å². The van der Waals surface area contributed by atoms with E-state index in [9.17, 15) is 18.4 Å². The number of aromatic nitrogens is 2. The molecular formula is C26H30F2N6O3. The molecule has 2 aromatic rings. The molecule has 0 bridgehead atoms. The molecule has 9 nitrogen and oxygen atoms in total. The van der Waals surface area contributed by atoms with Gasteiger partial charge >= 0.3 is 0 Å². The Kier molecular flexibility index (Phi) is 5.50. The monoisotopic (exact) mass is 512 g/mol. The average molecular weight is 513 g/mol. The molecule has 3 saturated carbocycles. The number of ether oxygens (including phenoxy) is 1. The van der Waals surface area contributed by atoms with Crippen LogP contribution in [0.4, 0.5) is 31.9 Å². The van der Waals surface area contributed by atoms with Crippen molar-refractivity contribution in [3.05, 3.63) is 30.0 Å². The quantitative estimate of drug-likeness (QED) is 0.606. The van der Waals surface area contributed by atoms with Crippen molar-refractivity contribution in [1.82, 2.24) is 15.3 Å². The summed E-state index contributed by atoms with van der Waals surface area (Å²) in [6, 6.07) is 4.90. The van der Waals surface area contributed by atoms with Crippen LogP contribution in [-0.4, -0.2) is 60.5 Å². The zero-order valence-electron chi connectivity index (χ0n) is 20.9. The maximum atomic E-state index is 14.2. The van der Waals surface area contributed by atoms with Gasteiger partial charge in [-0.2, -0.15) is 4.98 Å². The third-order valence-electron chi connectivity index (χ3n) is 7.91. The largest absolute Gasteiger partial charge is 0.495 e. The van der Waals surface area contributed by atoms with Crippen LogP contribution in [0.3, 0.4) is 0 Å². The van der Waals surface area contributed by atoms with Crippen LogP contribution < -0.4 is 25.2 Å².